The second-order valence-electron chi connectivity index (χ2n) is 12.7. The SMILES string of the molecule is CCCCN1C(=O)[C@@H]([C@H](O)C2CCCCC2)NC(=O)C12CCN(CCCCCCOc1ccc(NS(C)(=O)=O)cc1)CC2. The van der Waals surface area contributed by atoms with Gasteiger partial charge in [-0.05, 0) is 81.7 Å². The molecule has 3 fully saturated rings. The van der Waals surface area contributed by atoms with E-state index in [2.05, 4.69) is 21.9 Å². The molecule has 0 unspecified atom stereocenters. The molecule has 0 bridgehead atoms. The van der Waals surface area contributed by atoms with Crippen LogP contribution in [0.2, 0.25) is 0 Å². The van der Waals surface area contributed by atoms with Crippen molar-refractivity contribution in [3.63, 3.8) is 0 Å². The third kappa shape index (κ3) is 9.08. The second kappa shape index (κ2) is 15.6. The number of benzene rings is 1. The maximum Gasteiger partial charge on any atom is 0.248 e. The van der Waals surface area contributed by atoms with E-state index in [-0.39, 0.29) is 17.7 Å². The van der Waals surface area contributed by atoms with Crippen LogP contribution in [0.3, 0.4) is 0 Å². The number of carbonyl (C=O) groups excluding carboxylic acids is 2. The monoisotopic (exact) mass is 620 g/mol. The van der Waals surface area contributed by atoms with Crippen molar-refractivity contribution in [2.75, 3.05) is 43.8 Å². The van der Waals surface area contributed by atoms with Crippen LogP contribution in [-0.2, 0) is 19.6 Å². The lowest BCUT2D eigenvalue weighted by molar-refractivity contribution is -0.165. The number of rotatable bonds is 15. The molecule has 0 radical (unpaired) electrons. The zero-order valence-electron chi connectivity index (χ0n) is 26.1. The summed E-state index contributed by atoms with van der Waals surface area (Å²) in [7, 11) is -3.29. The minimum atomic E-state index is -3.29. The van der Waals surface area contributed by atoms with Crippen LogP contribution in [0.1, 0.15) is 90.4 Å². The number of hydrogen-bond acceptors (Lipinski definition) is 7. The minimum absolute atomic E-state index is 0.0796. The maximum atomic E-state index is 13.8. The Morgan fingerprint density at radius 2 is 1.67 bits per heavy atom. The van der Waals surface area contributed by atoms with Crippen molar-refractivity contribution >= 4 is 27.5 Å². The van der Waals surface area contributed by atoms with Crippen LogP contribution < -0.4 is 14.8 Å². The maximum absolute atomic E-state index is 13.8. The average Bonchev–Trinajstić information content (AvgIpc) is 2.99. The van der Waals surface area contributed by atoms with Crippen LogP contribution >= 0.6 is 0 Å². The summed E-state index contributed by atoms with van der Waals surface area (Å²) in [5, 5.41) is 14.1. The van der Waals surface area contributed by atoms with Gasteiger partial charge in [0.2, 0.25) is 21.8 Å². The van der Waals surface area contributed by atoms with Gasteiger partial charge >= 0.3 is 0 Å². The first-order valence-corrected chi connectivity index (χ1v) is 18.3. The fourth-order valence-electron chi connectivity index (χ4n) is 6.92. The molecule has 1 saturated carbocycles. The molecule has 3 N–H and O–H groups in total. The van der Waals surface area contributed by atoms with Crippen molar-refractivity contribution in [1.29, 1.82) is 0 Å². The highest BCUT2D eigenvalue weighted by atomic mass is 32.2. The van der Waals surface area contributed by atoms with Gasteiger partial charge in [-0.25, -0.2) is 8.42 Å². The van der Waals surface area contributed by atoms with Gasteiger partial charge in [-0.15, -0.1) is 0 Å². The van der Waals surface area contributed by atoms with Crippen LogP contribution in [0.4, 0.5) is 5.69 Å². The Morgan fingerprint density at radius 1 is 1.00 bits per heavy atom. The molecule has 4 rings (SSSR count). The number of aliphatic hydroxyl groups is 1. The predicted molar refractivity (Wildman–Crippen MR) is 168 cm³/mol. The third-order valence-corrected chi connectivity index (χ3v) is 10.1. The van der Waals surface area contributed by atoms with Gasteiger partial charge in [-0.3, -0.25) is 14.3 Å². The van der Waals surface area contributed by atoms with Gasteiger partial charge in [0.1, 0.15) is 17.3 Å². The van der Waals surface area contributed by atoms with E-state index in [1.165, 1.54) is 6.42 Å². The normalized spacial score (nSPS) is 22.4. The number of nitrogens with one attached hydrogen (secondary N) is 2. The van der Waals surface area contributed by atoms with E-state index in [9.17, 15) is 23.1 Å². The summed E-state index contributed by atoms with van der Waals surface area (Å²) in [5.74, 6) is 0.623. The Kier molecular flexibility index (Phi) is 12.1. The van der Waals surface area contributed by atoms with Gasteiger partial charge in [0, 0.05) is 25.3 Å². The van der Waals surface area contributed by atoms with Crippen LogP contribution in [0.15, 0.2) is 24.3 Å². The van der Waals surface area contributed by atoms with Gasteiger partial charge in [0.25, 0.3) is 0 Å². The molecule has 0 aromatic heterocycles. The van der Waals surface area contributed by atoms with Gasteiger partial charge in [0.05, 0.1) is 19.0 Å². The first-order valence-electron chi connectivity index (χ1n) is 16.4. The van der Waals surface area contributed by atoms with E-state index < -0.39 is 27.7 Å². The van der Waals surface area contributed by atoms with Crippen molar-refractivity contribution < 1.29 is 27.9 Å². The molecular formula is C32H52N4O6S. The van der Waals surface area contributed by atoms with E-state index in [0.29, 0.717) is 37.4 Å². The van der Waals surface area contributed by atoms with E-state index in [1.54, 1.807) is 24.3 Å². The number of ether oxygens (including phenoxy) is 1. The number of carbonyl (C=O) groups is 2. The molecule has 1 aromatic rings. The molecule has 2 saturated heterocycles. The van der Waals surface area contributed by atoms with Crippen LogP contribution in [0.25, 0.3) is 0 Å². The number of likely N-dealkylation sites (tertiary alicyclic amines) is 1. The Balaban J connectivity index is 1.18. The quantitative estimate of drug-likeness (QED) is 0.254. The van der Waals surface area contributed by atoms with E-state index in [0.717, 1.165) is 90.1 Å². The molecule has 11 heteroatoms. The Morgan fingerprint density at radius 3 is 2.33 bits per heavy atom. The summed E-state index contributed by atoms with van der Waals surface area (Å²) >= 11 is 0. The fraction of sp³-hybridized carbons (Fsp3) is 0.750. The highest BCUT2D eigenvalue weighted by Crippen LogP contribution is 2.36. The fourth-order valence-corrected chi connectivity index (χ4v) is 7.48. The number of piperidine rings is 1. The van der Waals surface area contributed by atoms with Crippen molar-refractivity contribution in [2.45, 2.75) is 108 Å². The summed E-state index contributed by atoms with van der Waals surface area (Å²) in [6.45, 7) is 5.82. The number of aliphatic hydroxyl groups excluding tert-OH is 1. The van der Waals surface area contributed by atoms with Crippen LogP contribution in [-0.4, -0.2) is 91.9 Å². The first kappa shape index (κ1) is 33.5. The van der Waals surface area contributed by atoms with Gasteiger partial charge in [-0.1, -0.05) is 45.4 Å². The van der Waals surface area contributed by atoms with Crippen molar-refractivity contribution in [3.05, 3.63) is 24.3 Å². The molecule has 2 heterocycles. The molecule has 1 aliphatic carbocycles. The number of sulfonamides is 1. The summed E-state index contributed by atoms with van der Waals surface area (Å²) in [6.07, 6.45) is 12.7. The van der Waals surface area contributed by atoms with E-state index >= 15 is 0 Å². The lowest BCUT2D eigenvalue weighted by atomic mass is 9.78. The summed E-state index contributed by atoms with van der Waals surface area (Å²) < 4.78 is 30.9. The van der Waals surface area contributed by atoms with E-state index in [4.69, 9.17) is 4.74 Å². The number of amides is 2. The zero-order valence-corrected chi connectivity index (χ0v) is 26.9. The molecule has 43 heavy (non-hydrogen) atoms. The number of unbranched alkanes of at least 4 members (excludes halogenated alkanes) is 4. The van der Waals surface area contributed by atoms with Crippen molar-refractivity contribution in [2.24, 2.45) is 5.92 Å². The number of nitrogens with zero attached hydrogens (tertiary/aromatic N) is 2. The van der Waals surface area contributed by atoms with Crippen LogP contribution in [0.5, 0.6) is 5.75 Å². The number of piperazine rings is 1. The Labute approximate surface area is 258 Å². The summed E-state index contributed by atoms with van der Waals surface area (Å²) in [6, 6.07) is 6.08. The topological polar surface area (TPSA) is 128 Å². The highest BCUT2D eigenvalue weighted by Gasteiger charge is 2.55. The lowest BCUT2D eigenvalue weighted by Crippen LogP contribution is -2.75. The number of anilines is 1. The Hall–Kier alpha value is -2.37. The molecule has 3 aliphatic rings. The third-order valence-electron chi connectivity index (χ3n) is 9.45. The largest absolute Gasteiger partial charge is 0.494 e. The molecular weight excluding hydrogens is 568 g/mol. The Bertz CT molecular complexity index is 1150. The molecule has 10 nitrogen and oxygen atoms in total. The molecule has 2 atom stereocenters. The average molecular weight is 621 g/mol. The summed E-state index contributed by atoms with van der Waals surface area (Å²) in [4.78, 5) is 31.7. The predicted octanol–water partition coefficient (Wildman–Crippen LogP) is 3.90. The van der Waals surface area contributed by atoms with E-state index in [1.807, 2.05) is 4.90 Å². The summed E-state index contributed by atoms with van der Waals surface area (Å²) in [5.41, 5.74) is -0.289. The van der Waals surface area contributed by atoms with Gasteiger partial charge in [0.15, 0.2) is 0 Å². The standard InChI is InChI=1S/C32H52N4O6S/c1-3-4-21-36-30(38)28(29(37)25-12-8-7-9-13-25)33-31(39)32(36)18-22-35(23-19-32)20-10-5-6-11-24-42-27-16-14-26(15-17-27)34-43(2,40)41/h14-17,25,28-29,34,37H,3-13,18-24H2,1-2H3,(H,33,39)/t28-,29-/m1/s1. The molecule has 242 valence electrons. The van der Waals surface area contributed by atoms with Crippen molar-refractivity contribution in [3.8, 4) is 5.75 Å². The lowest BCUT2D eigenvalue weighted by Gasteiger charge is -2.52. The van der Waals surface area contributed by atoms with Crippen molar-refractivity contribution in [1.82, 2.24) is 15.1 Å². The highest BCUT2D eigenvalue weighted by molar-refractivity contribution is 7.92. The molecule has 2 aliphatic heterocycles. The smallest absolute Gasteiger partial charge is 0.248 e. The molecule has 1 aromatic carbocycles. The molecule has 2 amide bonds. The van der Waals surface area contributed by atoms with Gasteiger partial charge in [-0.2, -0.15) is 0 Å². The minimum Gasteiger partial charge on any atom is -0.494 e. The molecule has 1 spiro atoms. The second-order valence-corrected chi connectivity index (χ2v) is 14.5. The number of hydrogen-bond donors (Lipinski definition) is 3. The van der Waals surface area contributed by atoms with Crippen LogP contribution in [0, 0.1) is 5.92 Å². The zero-order chi connectivity index (χ0) is 30.9. The first-order chi connectivity index (χ1) is 20.6. The van der Waals surface area contributed by atoms with Gasteiger partial charge < -0.3 is 25.0 Å².